The Hall–Kier alpha value is -2.77. The van der Waals surface area contributed by atoms with Gasteiger partial charge in [0.25, 0.3) is 0 Å². The molecule has 0 aromatic heterocycles. The normalized spacial score (nSPS) is 16.3. The van der Waals surface area contributed by atoms with Crippen LogP contribution in [0.3, 0.4) is 0 Å². The van der Waals surface area contributed by atoms with Gasteiger partial charge >= 0.3 is 0 Å². The maximum absolute atomic E-state index is 12.2. The second-order valence-corrected chi connectivity index (χ2v) is 7.31. The van der Waals surface area contributed by atoms with Crippen LogP contribution in [0.15, 0.2) is 42.5 Å². The second-order valence-electron chi connectivity index (χ2n) is 7.31. The number of carbonyl (C=O) groups is 1. The van der Waals surface area contributed by atoms with E-state index in [0.717, 1.165) is 55.4 Å². The fraction of sp³-hybridized carbons (Fsp3) is 0.409. The Kier molecular flexibility index (Phi) is 5.87. The summed E-state index contributed by atoms with van der Waals surface area (Å²) in [5, 5.41) is 0. The molecule has 7 nitrogen and oxygen atoms in total. The van der Waals surface area contributed by atoms with Gasteiger partial charge < -0.3 is 19.4 Å². The first kappa shape index (κ1) is 19.5. The molecule has 154 valence electrons. The molecular weight excluding hydrogens is 370 g/mol. The smallest absolute Gasteiger partial charge is 0.223 e. The number of para-hydroxylation sites is 2. The van der Waals surface area contributed by atoms with Crippen LogP contribution in [0.5, 0.6) is 11.5 Å². The molecule has 7 heteroatoms. The highest BCUT2D eigenvalue weighted by molar-refractivity contribution is 5.91. The Balaban J connectivity index is 1.34. The third-order valence-corrected chi connectivity index (χ3v) is 5.54. The van der Waals surface area contributed by atoms with Gasteiger partial charge in [0.2, 0.25) is 5.91 Å². The number of benzene rings is 2. The van der Waals surface area contributed by atoms with E-state index in [0.29, 0.717) is 18.9 Å². The first-order valence-corrected chi connectivity index (χ1v) is 9.96. The highest BCUT2D eigenvalue weighted by atomic mass is 17.2. The maximum atomic E-state index is 12.2. The van der Waals surface area contributed by atoms with E-state index in [1.807, 2.05) is 36.4 Å². The monoisotopic (exact) mass is 397 g/mol. The molecule has 0 atom stereocenters. The minimum atomic E-state index is 0.0246. The van der Waals surface area contributed by atoms with Crippen LogP contribution in [0.4, 0.5) is 11.4 Å². The van der Waals surface area contributed by atoms with Crippen LogP contribution in [0.25, 0.3) is 0 Å². The molecule has 2 aromatic rings. The van der Waals surface area contributed by atoms with Gasteiger partial charge in [-0.05, 0) is 18.2 Å². The SMILES string of the molecule is COc1ccccc1N1CCN(CCN(C(C)=O)c2ccc3c(c2)OOC3)CC1. The Morgan fingerprint density at radius 2 is 1.93 bits per heavy atom. The van der Waals surface area contributed by atoms with Gasteiger partial charge in [-0.2, -0.15) is 4.89 Å². The van der Waals surface area contributed by atoms with Crippen LogP contribution in [0.1, 0.15) is 12.5 Å². The fourth-order valence-electron chi connectivity index (χ4n) is 3.88. The van der Waals surface area contributed by atoms with Crippen molar-refractivity contribution in [1.82, 2.24) is 4.90 Å². The predicted molar refractivity (Wildman–Crippen MR) is 112 cm³/mol. The summed E-state index contributed by atoms with van der Waals surface area (Å²) >= 11 is 0. The highest BCUT2D eigenvalue weighted by Crippen LogP contribution is 2.31. The van der Waals surface area contributed by atoms with E-state index in [2.05, 4.69) is 15.9 Å². The number of piperazine rings is 1. The number of rotatable bonds is 6. The van der Waals surface area contributed by atoms with E-state index >= 15 is 0 Å². The summed E-state index contributed by atoms with van der Waals surface area (Å²) in [6.07, 6.45) is 0. The summed E-state index contributed by atoms with van der Waals surface area (Å²) in [6.45, 7) is 7.29. The van der Waals surface area contributed by atoms with E-state index < -0.39 is 0 Å². The van der Waals surface area contributed by atoms with Gasteiger partial charge in [-0.15, -0.1) is 0 Å². The Morgan fingerprint density at radius 3 is 2.69 bits per heavy atom. The number of amides is 1. The van der Waals surface area contributed by atoms with Crippen molar-refractivity contribution in [2.24, 2.45) is 0 Å². The van der Waals surface area contributed by atoms with Crippen molar-refractivity contribution in [2.75, 3.05) is 56.2 Å². The number of ether oxygens (including phenoxy) is 1. The summed E-state index contributed by atoms with van der Waals surface area (Å²) < 4.78 is 5.49. The molecule has 2 aliphatic rings. The Bertz CT molecular complexity index is 865. The number of fused-ring (bicyclic) bond motifs is 1. The maximum Gasteiger partial charge on any atom is 0.223 e. The number of hydrogen-bond donors (Lipinski definition) is 0. The average molecular weight is 397 g/mol. The lowest BCUT2D eigenvalue weighted by atomic mass is 10.2. The number of anilines is 2. The number of nitrogens with zero attached hydrogens (tertiary/aromatic N) is 3. The predicted octanol–water partition coefficient (Wildman–Crippen LogP) is 2.69. The second kappa shape index (κ2) is 8.71. The number of methoxy groups -OCH3 is 1. The molecule has 0 aliphatic carbocycles. The zero-order chi connectivity index (χ0) is 20.2. The van der Waals surface area contributed by atoms with Crippen LogP contribution in [0.2, 0.25) is 0 Å². The molecule has 2 aliphatic heterocycles. The molecule has 0 spiro atoms. The van der Waals surface area contributed by atoms with Crippen molar-refractivity contribution in [3.63, 3.8) is 0 Å². The van der Waals surface area contributed by atoms with E-state index in [-0.39, 0.29) is 5.91 Å². The Labute approximate surface area is 171 Å². The third kappa shape index (κ3) is 4.31. The fourth-order valence-corrected chi connectivity index (χ4v) is 3.88. The minimum Gasteiger partial charge on any atom is -0.495 e. The van der Waals surface area contributed by atoms with Crippen molar-refractivity contribution < 1.29 is 19.3 Å². The van der Waals surface area contributed by atoms with E-state index in [1.165, 1.54) is 0 Å². The molecule has 2 aromatic carbocycles. The summed E-state index contributed by atoms with van der Waals surface area (Å²) in [6, 6.07) is 13.9. The summed E-state index contributed by atoms with van der Waals surface area (Å²) in [5.74, 6) is 1.63. The van der Waals surface area contributed by atoms with Gasteiger partial charge in [0.15, 0.2) is 5.75 Å². The molecule has 1 fully saturated rings. The van der Waals surface area contributed by atoms with Crippen LogP contribution in [-0.4, -0.2) is 57.2 Å². The third-order valence-electron chi connectivity index (χ3n) is 5.54. The van der Waals surface area contributed by atoms with Crippen LogP contribution in [-0.2, 0) is 16.3 Å². The van der Waals surface area contributed by atoms with Crippen molar-refractivity contribution in [2.45, 2.75) is 13.5 Å². The lowest BCUT2D eigenvalue weighted by molar-refractivity contribution is -0.194. The quantitative estimate of drug-likeness (QED) is 0.699. The molecule has 0 N–H and O–H groups in total. The van der Waals surface area contributed by atoms with Gasteiger partial charge in [0.1, 0.15) is 12.4 Å². The van der Waals surface area contributed by atoms with Crippen LogP contribution in [0, 0.1) is 0 Å². The first-order valence-electron chi connectivity index (χ1n) is 9.96. The van der Waals surface area contributed by atoms with Crippen molar-refractivity contribution in [3.05, 3.63) is 48.0 Å². The van der Waals surface area contributed by atoms with E-state index in [9.17, 15) is 4.79 Å². The zero-order valence-electron chi connectivity index (χ0n) is 17.0. The summed E-state index contributed by atoms with van der Waals surface area (Å²) in [5.41, 5.74) is 2.99. The molecule has 1 saturated heterocycles. The van der Waals surface area contributed by atoms with E-state index in [4.69, 9.17) is 14.5 Å². The molecular formula is C22H27N3O4. The van der Waals surface area contributed by atoms with Crippen LogP contribution >= 0.6 is 0 Å². The van der Waals surface area contributed by atoms with E-state index in [1.54, 1.807) is 18.9 Å². The van der Waals surface area contributed by atoms with Gasteiger partial charge in [-0.25, -0.2) is 0 Å². The van der Waals surface area contributed by atoms with Crippen molar-refractivity contribution in [3.8, 4) is 11.5 Å². The molecule has 0 bridgehead atoms. The molecule has 0 radical (unpaired) electrons. The molecule has 29 heavy (non-hydrogen) atoms. The van der Waals surface area contributed by atoms with Crippen molar-refractivity contribution in [1.29, 1.82) is 0 Å². The standard InChI is InChI=1S/C22H27N3O4/c1-17(26)25(19-8-7-18-16-28-29-22(18)15-19)14-11-23-9-12-24(13-10-23)20-5-3-4-6-21(20)27-2/h3-8,15H,9-14,16H2,1-2H3. The van der Waals surface area contributed by atoms with Gasteiger partial charge in [0.05, 0.1) is 12.8 Å². The molecule has 2 heterocycles. The zero-order valence-corrected chi connectivity index (χ0v) is 17.0. The number of hydrogen-bond acceptors (Lipinski definition) is 6. The molecule has 4 rings (SSSR count). The molecule has 0 saturated carbocycles. The number of carbonyl (C=O) groups excluding carboxylic acids is 1. The van der Waals surface area contributed by atoms with Crippen molar-refractivity contribution >= 4 is 17.3 Å². The average Bonchev–Trinajstić information content (AvgIpc) is 3.22. The highest BCUT2D eigenvalue weighted by Gasteiger charge is 2.22. The van der Waals surface area contributed by atoms with Crippen LogP contribution < -0.4 is 19.4 Å². The lowest BCUT2D eigenvalue weighted by Gasteiger charge is -2.37. The molecule has 1 amide bonds. The summed E-state index contributed by atoms with van der Waals surface area (Å²) in [7, 11) is 1.71. The lowest BCUT2D eigenvalue weighted by Crippen LogP contribution is -2.49. The minimum absolute atomic E-state index is 0.0246. The largest absolute Gasteiger partial charge is 0.495 e. The molecule has 0 unspecified atom stereocenters. The van der Waals surface area contributed by atoms with Gasteiger partial charge in [-0.3, -0.25) is 9.69 Å². The first-order chi connectivity index (χ1) is 14.2. The Morgan fingerprint density at radius 1 is 1.14 bits per heavy atom. The van der Waals surface area contributed by atoms with Gasteiger partial charge in [-0.1, -0.05) is 18.2 Å². The van der Waals surface area contributed by atoms with Gasteiger partial charge in [0, 0.05) is 63.5 Å². The summed E-state index contributed by atoms with van der Waals surface area (Å²) in [4.78, 5) is 29.0. The topological polar surface area (TPSA) is 54.5 Å².